The summed E-state index contributed by atoms with van der Waals surface area (Å²) in [6.07, 6.45) is 2.07. The van der Waals surface area contributed by atoms with Gasteiger partial charge in [0.2, 0.25) is 0 Å². The van der Waals surface area contributed by atoms with Crippen molar-refractivity contribution in [2.45, 2.75) is 0 Å². The van der Waals surface area contributed by atoms with Crippen LogP contribution in [0.4, 0.5) is 0 Å². The number of rotatable bonds is 6. The summed E-state index contributed by atoms with van der Waals surface area (Å²) in [7, 11) is 0. The van der Waals surface area contributed by atoms with Crippen LogP contribution in [0.15, 0.2) is 219 Å². The van der Waals surface area contributed by atoms with Crippen molar-refractivity contribution in [2.75, 3.05) is 0 Å². The first-order valence-electron chi connectivity index (χ1n) is 20.7. The third-order valence-corrected chi connectivity index (χ3v) is 12.0. The normalized spacial score (nSPS) is 11.6. The van der Waals surface area contributed by atoms with Gasteiger partial charge in [-0.05, 0) is 69.9 Å². The van der Waals surface area contributed by atoms with E-state index in [1.165, 1.54) is 27.1 Å². The fourth-order valence-electron chi connectivity index (χ4n) is 9.16. The summed E-state index contributed by atoms with van der Waals surface area (Å²) >= 11 is 0. The summed E-state index contributed by atoms with van der Waals surface area (Å²) < 4.78 is 2.47. The molecule has 0 aliphatic heterocycles. The molecule has 0 atom stereocenters. The zero-order chi connectivity index (χ0) is 40.3. The van der Waals surface area contributed by atoms with Crippen molar-refractivity contribution in [3.8, 4) is 61.8 Å². The molecule has 0 aliphatic carbocycles. The van der Waals surface area contributed by atoms with Gasteiger partial charge in [0.15, 0.2) is 5.82 Å². The van der Waals surface area contributed by atoms with Gasteiger partial charge in [-0.1, -0.05) is 170 Å². The highest BCUT2D eigenvalue weighted by Gasteiger charge is 2.22. The Hall–Kier alpha value is -8.21. The molecule has 0 unspecified atom stereocenters. The molecule has 4 heteroatoms. The molecule has 0 spiro atoms. The highest BCUT2D eigenvalue weighted by atomic mass is 15.0. The molecular weight excluding hydrogens is 741 g/mol. The first-order chi connectivity index (χ1) is 30.2. The number of fused-ring (bicyclic) bond motifs is 8. The SMILES string of the molecule is c1ccc(-c2cc(-c3ccc4ccc(-c5cccc6c7c8c(cnc9ccccc98)c(-c8ccccc8)cc7n(-c7ccccc7)c56)cc4c3)nc(-c3ccccc3)n2)cc1. The molecule has 9 aromatic carbocycles. The Morgan fingerprint density at radius 1 is 0.361 bits per heavy atom. The van der Waals surface area contributed by atoms with Crippen LogP contribution in [-0.4, -0.2) is 19.5 Å². The third-order valence-electron chi connectivity index (χ3n) is 12.0. The Kier molecular flexibility index (Phi) is 8.13. The Bertz CT molecular complexity index is 3560. The van der Waals surface area contributed by atoms with E-state index >= 15 is 0 Å². The van der Waals surface area contributed by atoms with Crippen molar-refractivity contribution in [1.29, 1.82) is 0 Å². The average molecular weight is 777 g/mol. The molecule has 12 rings (SSSR count). The van der Waals surface area contributed by atoms with E-state index in [1.807, 2.05) is 24.3 Å². The Morgan fingerprint density at radius 2 is 0.967 bits per heavy atom. The van der Waals surface area contributed by atoms with Gasteiger partial charge in [-0.2, -0.15) is 0 Å². The molecule has 3 aromatic heterocycles. The maximum absolute atomic E-state index is 5.15. The zero-order valence-electron chi connectivity index (χ0n) is 33.1. The highest BCUT2D eigenvalue weighted by molar-refractivity contribution is 6.31. The smallest absolute Gasteiger partial charge is 0.160 e. The lowest BCUT2D eigenvalue weighted by molar-refractivity contribution is 1.18. The number of nitrogens with zero attached hydrogens (tertiary/aromatic N) is 4. The van der Waals surface area contributed by atoms with E-state index in [-0.39, 0.29) is 0 Å². The minimum atomic E-state index is 0.706. The maximum atomic E-state index is 5.15. The van der Waals surface area contributed by atoms with Gasteiger partial charge in [0, 0.05) is 61.1 Å². The molecule has 61 heavy (non-hydrogen) atoms. The molecule has 12 aromatic rings. The van der Waals surface area contributed by atoms with E-state index in [0.29, 0.717) is 5.82 Å². The third kappa shape index (κ3) is 5.88. The fourth-order valence-corrected chi connectivity index (χ4v) is 9.16. The van der Waals surface area contributed by atoms with E-state index in [2.05, 4.69) is 199 Å². The molecule has 284 valence electrons. The second-order valence-electron chi connectivity index (χ2n) is 15.6. The molecule has 0 saturated heterocycles. The Labute approximate surface area is 352 Å². The lowest BCUT2D eigenvalue weighted by Gasteiger charge is -2.14. The standard InChI is InChI=1S/C57H36N4/c1-5-16-38(17-6-1)48-34-53-55(54-46-24-13-14-27-50(46)58-36-49(48)54)47-26-15-25-45(56(47)61(53)44-22-11-4-12-23-44)41-30-28-37-29-31-42(33-43(37)32-41)52-35-51(39-18-7-2-8-19-39)59-57(60-52)40-20-9-3-10-21-40/h1-36H. The Morgan fingerprint density at radius 3 is 1.72 bits per heavy atom. The van der Waals surface area contributed by atoms with Crippen LogP contribution in [0.1, 0.15) is 0 Å². The molecule has 4 nitrogen and oxygen atoms in total. The molecule has 3 heterocycles. The van der Waals surface area contributed by atoms with E-state index < -0.39 is 0 Å². The van der Waals surface area contributed by atoms with Crippen molar-refractivity contribution in [1.82, 2.24) is 19.5 Å². The van der Waals surface area contributed by atoms with E-state index in [1.54, 1.807) is 0 Å². The quantitative estimate of drug-likeness (QED) is 0.158. The van der Waals surface area contributed by atoms with E-state index in [9.17, 15) is 0 Å². The summed E-state index contributed by atoms with van der Waals surface area (Å²) in [5.41, 5.74) is 13.9. The monoisotopic (exact) mass is 776 g/mol. The molecule has 0 fully saturated rings. The van der Waals surface area contributed by atoms with Gasteiger partial charge in [-0.25, -0.2) is 9.97 Å². The molecule has 0 radical (unpaired) electrons. The van der Waals surface area contributed by atoms with Gasteiger partial charge in [0.1, 0.15) is 0 Å². The van der Waals surface area contributed by atoms with Crippen LogP contribution in [0.2, 0.25) is 0 Å². The van der Waals surface area contributed by atoms with Crippen LogP contribution in [0.5, 0.6) is 0 Å². The number of benzene rings is 9. The van der Waals surface area contributed by atoms with E-state index in [0.717, 1.165) is 83.2 Å². The number of hydrogen-bond acceptors (Lipinski definition) is 3. The summed E-state index contributed by atoms with van der Waals surface area (Å²) in [5.74, 6) is 0.706. The first-order valence-corrected chi connectivity index (χ1v) is 20.7. The lowest BCUT2D eigenvalue weighted by Crippen LogP contribution is -1.96. The zero-order valence-corrected chi connectivity index (χ0v) is 33.1. The predicted molar refractivity (Wildman–Crippen MR) is 254 cm³/mol. The minimum Gasteiger partial charge on any atom is -0.309 e. The second-order valence-corrected chi connectivity index (χ2v) is 15.6. The van der Waals surface area contributed by atoms with Gasteiger partial charge in [-0.3, -0.25) is 4.98 Å². The first kappa shape index (κ1) is 34.8. The molecule has 0 aliphatic rings. The van der Waals surface area contributed by atoms with Gasteiger partial charge in [0.25, 0.3) is 0 Å². The van der Waals surface area contributed by atoms with Crippen LogP contribution in [0, 0.1) is 0 Å². The van der Waals surface area contributed by atoms with Crippen LogP contribution in [0.25, 0.3) is 116 Å². The molecule has 0 amide bonds. The van der Waals surface area contributed by atoms with Crippen LogP contribution in [0.3, 0.4) is 0 Å². The summed E-state index contributed by atoms with van der Waals surface area (Å²) in [6, 6.07) is 75.4. The molecule has 0 N–H and O–H groups in total. The number of pyridine rings is 1. The van der Waals surface area contributed by atoms with Crippen molar-refractivity contribution >= 4 is 54.3 Å². The van der Waals surface area contributed by atoms with Crippen molar-refractivity contribution in [2.24, 2.45) is 0 Å². The maximum Gasteiger partial charge on any atom is 0.160 e. The van der Waals surface area contributed by atoms with Crippen LogP contribution >= 0.6 is 0 Å². The average Bonchev–Trinajstić information content (AvgIpc) is 3.68. The van der Waals surface area contributed by atoms with E-state index in [4.69, 9.17) is 15.0 Å². The largest absolute Gasteiger partial charge is 0.309 e. The number of hydrogen-bond donors (Lipinski definition) is 0. The number of aromatic nitrogens is 4. The van der Waals surface area contributed by atoms with Gasteiger partial charge in [0.05, 0.1) is 27.9 Å². The van der Waals surface area contributed by atoms with Gasteiger partial charge < -0.3 is 4.57 Å². The van der Waals surface area contributed by atoms with Crippen LogP contribution < -0.4 is 0 Å². The van der Waals surface area contributed by atoms with Crippen molar-refractivity contribution < 1.29 is 0 Å². The van der Waals surface area contributed by atoms with Crippen molar-refractivity contribution in [3.63, 3.8) is 0 Å². The Balaban J connectivity index is 1.11. The fraction of sp³-hybridized carbons (Fsp3) is 0. The second kappa shape index (κ2) is 14.3. The number of para-hydroxylation sites is 3. The van der Waals surface area contributed by atoms with Gasteiger partial charge >= 0.3 is 0 Å². The van der Waals surface area contributed by atoms with Gasteiger partial charge in [-0.15, -0.1) is 0 Å². The summed E-state index contributed by atoms with van der Waals surface area (Å²) in [6.45, 7) is 0. The lowest BCUT2D eigenvalue weighted by atomic mass is 9.93. The van der Waals surface area contributed by atoms with Crippen molar-refractivity contribution in [3.05, 3.63) is 219 Å². The molecular formula is C57H36N4. The minimum absolute atomic E-state index is 0.706. The molecule has 0 saturated carbocycles. The van der Waals surface area contributed by atoms with Crippen LogP contribution in [-0.2, 0) is 0 Å². The predicted octanol–water partition coefficient (Wildman–Crippen LogP) is 14.8. The summed E-state index contributed by atoms with van der Waals surface area (Å²) in [5, 5.41) is 8.25. The molecule has 0 bridgehead atoms. The highest BCUT2D eigenvalue weighted by Crippen LogP contribution is 2.46. The summed E-state index contributed by atoms with van der Waals surface area (Å²) in [4.78, 5) is 15.2. The topological polar surface area (TPSA) is 43.6 Å².